The van der Waals surface area contributed by atoms with Crippen molar-refractivity contribution in [3.8, 4) is 10.9 Å². The molecule has 2 rings (SSSR count). The molecule has 0 unspecified atom stereocenters. The summed E-state index contributed by atoms with van der Waals surface area (Å²) in [6, 6.07) is 0. The number of thiazole rings is 1. The lowest BCUT2D eigenvalue weighted by molar-refractivity contribution is 0.0488. The fraction of sp³-hybridized carbons (Fsp3) is 0.444. The molecule has 0 amide bonds. The zero-order valence-corrected chi connectivity index (χ0v) is 9.65. The van der Waals surface area contributed by atoms with Gasteiger partial charge in [-0.15, -0.1) is 21.5 Å². The summed E-state index contributed by atoms with van der Waals surface area (Å²) in [6.07, 6.45) is 0. The molecule has 2 aromatic rings. The highest BCUT2D eigenvalue weighted by Gasteiger charge is 2.24. The summed E-state index contributed by atoms with van der Waals surface area (Å²) in [5.41, 5.74) is -0.606. The molecule has 0 atom stereocenters. The lowest BCUT2D eigenvalue weighted by atomic mass is 10.1. The van der Waals surface area contributed by atoms with Crippen molar-refractivity contribution >= 4 is 11.3 Å². The highest BCUT2D eigenvalue weighted by Crippen LogP contribution is 2.26. The van der Waals surface area contributed by atoms with Crippen LogP contribution in [0.1, 0.15) is 25.4 Å². The molecule has 0 aliphatic heterocycles. The average Bonchev–Trinajstić information content (AvgIpc) is 2.85. The molecule has 2 aromatic heterocycles. The number of rotatable bonds is 3. The molecule has 86 valence electrons. The first-order chi connectivity index (χ1) is 7.50. The third-order valence-corrected chi connectivity index (χ3v) is 2.72. The Bertz CT molecular complexity index is 486. The highest BCUT2D eigenvalue weighted by atomic mass is 32.1. The summed E-state index contributed by atoms with van der Waals surface area (Å²) in [6.45, 7) is 3.00. The molecule has 0 saturated heterocycles. The molecule has 0 saturated carbocycles. The van der Waals surface area contributed by atoms with E-state index in [4.69, 9.17) is 9.52 Å². The molecule has 7 heteroatoms. The minimum Gasteiger partial charge on any atom is -0.415 e. The molecule has 0 spiro atoms. The van der Waals surface area contributed by atoms with Gasteiger partial charge >= 0.3 is 0 Å². The van der Waals surface area contributed by atoms with Crippen molar-refractivity contribution in [1.29, 1.82) is 0 Å². The lowest BCUT2D eigenvalue weighted by Crippen LogP contribution is -2.15. The molecule has 6 nitrogen and oxygen atoms in total. The summed E-state index contributed by atoms with van der Waals surface area (Å²) in [5, 5.41) is 28.3. The van der Waals surface area contributed by atoms with Crippen molar-refractivity contribution in [2.24, 2.45) is 0 Å². The first kappa shape index (κ1) is 11.2. The van der Waals surface area contributed by atoms with Crippen molar-refractivity contribution in [2.75, 3.05) is 0 Å². The summed E-state index contributed by atoms with van der Waals surface area (Å²) in [7, 11) is 0. The van der Waals surface area contributed by atoms with Gasteiger partial charge in [0.05, 0.1) is 12.3 Å². The van der Waals surface area contributed by atoms with Gasteiger partial charge in [-0.1, -0.05) is 0 Å². The average molecular weight is 241 g/mol. The summed E-state index contributed by atoms with van der Waals surface area (Å²) < 4.78 is 5.29. The van der Waals surface area contributed by atoms with Gasteiger partial charge in [-0.05, 0) is 13.8 Å². The maximum absolute atomic E-state index is 9.65. The van der Waals surface area contributed by atoms with E-state index in [9.17, 15) is 5.11 Å². The van der Waals surface area contributed by atoms with E-state index in [2.05, 4.69) is 15.2 Å². The lowest BCUT2D eigenvalue weighted by Gasteiger charge is -2.09. The van der Waals surface area contributed by atoms with Crippen molar-refractivity contribution in [2.45, 2.75) is 26.1 Å². The monoisotopic (exact) mass is 241 g/mol. The van der Waals surface area contributed by atoms with Gasteiger partial charge in [0.25, 0.3) is 5.89 Å². The van der Waals surface area contributed by atoms with Crippen molar-refractivity contribution < 1.29 is 14.6 Å². The SMILES string of the molecule is CC(C)(O)c1nnc(-c2nc(CO)cs2)o1. The minimum absolute atomic E-state index is 0.122. The van der Waals surface area contributed by atoms with Crippen LogP contribution in [0.2, 0.25) is 0 Å². The molecule has 0 fully saturated rings. The number of aromatic nitrogens is 3. The minimum atomic E-state index is -1.16. The topological polar surface area (TPSA) is 92.3 Å². The molecule has 0 aromatic carbocycles. The number of aliphatic hydroxyl groups excluding tert-OH is 1. The van der Waals surface area contributed by atoms with Crippen LogP contribution in [0.3, 0.4) is 0 Å². The predicted molar refractivity (Wildman–Crippen MR) is 56.6 cm³/mol. The smallest absolute Gasteiger partial charge is 0.276 e. The van der Waals surface area contributed by atoms with E-state index in [1.807, 2.05) is 0 Å². The van der Waals surface area contributed by atoms with Crippen LogP contribution in [0.5, 0.6) is 0 Å². The van der Waals surface area contributed by atoms with Crippen LogP contribution in [-0.2, 0) is 12.2 Å². The Labute approximate surface area is 95.6 Å². The van der Waals surface area contributed by atoms with E-state index in [0.29, 0.717) is 10.7 Å². The zero-order valence-electron chi connectivity index (χ0n) is 8.84. The van der Waals surface area contributed by atoms with E-state index in [-0.39, 0.29) is 18.4 Å². The largest absolute Gasteiger partial charge is 0.415 e. The third kappa shape index (κ3) is 2.11. The molecule has 2 N–H and O–H groups in total. The van der Waals surface area contributed by atoms with Crippen LogP contribution >= 0.6 is 11.3 Å². The molecule has 16 heavy (non-hydrogen) atoms. The molecule has 2 heterocycles. The number of aliphatic hydroxyl groups is 2. The van der Waals surface area contributed by atoms with Gasteiger partial charge in [0.15, 0.2) is 5.01 Å². The van der Waals surface area contributed by atoms with Crippen molar-refractivity contribution in [3.05, 3.63) is 17.0 Å². The molecular formula is C9H11N3O3S. The van der Waals surface area contributed by atoms with Gasteiger partial charge in [-0.3, -0.25) is 0 Å². The number of nitrogens with zero attached hydrogens (tertiary/aromatic N) is 3. The quantitative estimate of drug-likeness (QED) is 0.829. The van der Waals surface area contributed by atoms with E-state index in [0.717, 1.165) is 0 Å². The van der Waals surface area contributed by atoms with Crippen LogP contribution < -0.4 is 0 Å². The second-order valence-corrected chi connectivity index (χ2v) is 4.63. The van der Waals surface area contributed by atoms with Crippen molar-refractivity contribution in [1.82, 2.24) is 15.2 Å². The molecule has 0 radical (unpaired) electrons. The standard InChI is InChI=1S/C9H11N3O3S/c1-9(2,14)8-12-11-6(15-8)7-10-5(3-13)4-16-7/h4,13-14H,3H2,1-2H3. The van der Waals surface area contributed by atoms with Crippen LogP contribution in [0, 0.1) is 0 Å². The first-order valence-corrected chi connectivity index (χ1v) is 5.50. The zero-order chi connectivity index (χ0) is 11.8. The maximum atomic E-state index is 9.65. The second kappa shape index (κ2) is 3.93. The summed E-state index contributed by atoms with van der Waals surface area (Å²) >= 11 is 1.30. The summed E-state index contributed by atoms with van der Waals surface area (Å²) in [4.78, 5) is 4.09. The third-order valence-electron chi connectivity index (χ3n) is 1.85. The fourth-order valence-electron chi connectivity index (χ4n) is 1.03. The Hall–Kier alpha value is -1.31. The van der Waals surface area contributed by atoms with Gasteiger partial charge in [0.1, 0.15) is 5.60 Å². The predicted octanol–water partition coefficient (Wildman–Crippen LogP) is 0.913. The van der Waals surface area contributed by atoms with E-state index < -0.39 is 5.60 Å². The molecular weight excluding hydrogens is 230 g/mol. The Morgan fingerprint density at radius 2 is 2.19 bits per heavy atom. The second-order valence-electron chi connectivity index (χ2n) is 3.77. The van der Waals surface area contributed by atoms with Crippen LogP contribution in [0.25, 0.3) is 10.9 Å². The number of hydrogen-bond acceptors (Lipinski definition) is 7. The Morgan fingerprint density at radius 3 is 2.69 bits per heavy atom. The van der Waals surface area contributed by atoms with Gasteiger partial charge in [-0.2, -0.15) is 0 Å². The van der Waals surface area contributed by atoms with Crippen LogP contribution in [0.4, 0.5) is 0 Å². The van der Waals surface area contributed by atoms with Crippen LogP contribution in [-0.4, -0.2) is 25.4 Å². The maximum Gasteiger partial charge on any atom is 0.276 e. The molecule has 0 aliphatic carbocycles. The Kier molecular flexibility index (Phi) is 2.75. The van der Waals surface area contributed by atoms with E-state index in [1.165, 1.54) is 11.3 Å². The Balaban J connectivity index is 2.31. The van der Waals surface area contributed by atoms with Gasteiger partial charge in [0.2, 0.25) is 5.89 Å². The van der Waals surface area contributed by atoms with Gasteiger partial charge in [-0.25, -0.2) is 4.98 Å². The fourth-order valence-corrected chi connectivity index (χ4v) is 1.76. The van der Waals surface area contributed by atoms with Gasteiger partial charge < -0.3 is 14.6 Å². The van der Waals surface area contributed by atoms with E-state index in [1.54, 1.807) is 19.2 Å². The summed E-state index contributed by atoms with van der Waals surface area (Å²) in [5.74, 6) is 0.394. The highest BCUT2D eigenvalue weighted by molar-refractivity contribution is 7.13. The normalized spacial score (nSPS) is 12.0. The number of hydrogen-bond donors (Lipinski definition) is 2. The van der Waals surface area contributed by atoms with Crippen LogP contribution in [0.15, 0.2) is 9.80 Å². The molecule has 0 bridgehead atoms. The first-order valence-electron chi connectivity index (χ1n) is 4.62. The Morgan fingerprint density at radius 1 is 1.44 bits per heavy atom. The van der Waals surface area contributed by atoms with E-state index >= 15 is 0 Å². The van der Waals surface area contributed by atoms with Crippen molar-refractivity contribution in [3.63, 3.8) is 0 Å². The molecule has 0 aliphatic rings. The van der Waals surface area contributed by atoms with Gasteiger partial charge in [0, 0.05) is 5.38 Å².